The number of carbonyl (C=O) groups is 3. The summed E-state index contributed by atoms with van der Waals surface area (Å²) in [6.07, 6.45) is 73.9. The van der Waals surface area contributed by atoms with Crippen molar-refractivity contribution in [3.8, 4) is 0 Å². The molecule has 0 amide bonds. The number of allylic oxidation sites excluding steroid dienone is 16. The minimum absolute atomic E-state index is 0.0968. The number of hydrogen-bond acceptors (Lipinski definition) is 6. The van der Waals surface area contributed by atoms with E-state index in [4.69, 9.17) is 14.2 Å². The molecular weight excluding hydrogens is 841 g/mol. The molecule has 0 aromatic carbocycles. The number of hydrogen-bond donors (Lipinski definition) is 0. The third-order valence-corrected chi connectivity index (χ3v) is 11.9. The normalized spacial score (nSPS) is 12.8. The van der Waals surface area contributed by atoms with Crippen LogP contribution in [0.5, 0.6) is 0 Å². The van der Waals surface area contributed by atoms with Crippen molar-refractivity contribution in [1.82, 2.24) is 0 Å². The van der Waals surface area contributed by atoms with E-state index in [0.717, 1.165) is 116 Å². The number of ether oxygens (including phenoxy) is 3. The molecule has 0 aromatic rings. The highest BCUT2D eigenvalue weighted by Crippen LogP contribution is 2.16. The Kier molecular flexibility index (Phi) is 52.9. The molecule has 1 atom stereocenters. The molecule has 0 N–H and O–H groups in total. The Hall–Kier alpha value is -3.67. The Morgan fingerprint density at radius 1 is 0.324 bits per heavy atom. The predicted molar refractivity (Wildman–Crippen MR) is 293 cm³/mol. The Morgan fingerprint density at radius 3 is 1.09 bits per heavy atom. The average Bonchev–Trinajstić information content (AvgIpc) is 3.34. The lowest BCUT2D eigenvalue weighted by atomic mass is 10.0. The van der Waals surface area contributed by atoms with E-state index in [1.165, 1.54) is 103 Å². The van der Waals surface area contributed by atoms with Crippen molar-refractivity contribution in [2.45, 2.75) is 264 Å². The van der Waals surface area contributed by atoms with Gasteiger partial charge >= 0.3 is 17.9 Å². The first-order chi connectivity index (χ1) is 33.5. The first-order valence-corrected chi connectivity index (χ1v) is 28.3. The quantitative estimate of drug-likeness (QED) is 0.0199. The molecule has 0 radical (unpaired) electrons. The molecule has 0 saturated heterocycles. The Balaban J connectivity index is 4.45. The van der Waals surface area contributed by atoms with Crippen LogP contribution >= 0.6 is 0 Å². The number of carbonyl (C=O) groups excluding carboxylic acids is 3. The van der Waals surface area contributed by atoms with Gasteiger partial charge in [-0.05, 0) is 70.6 Å². The maximum absolute atomic E-state index is 12.9. The topological polar surface area (TPSA) is 78.9 Å². The zero-order chi connectivity index (χ0) is 49.3. The number of rotatable bonds is 50. The van der Waals surface area contributed by atoms with Crippen LogP contribution in [0.1, 0.15) is 258 Å². The van der Waals surface area contributed by atoms with Gasteiger partial charge in [0, 0.05) is 19.3 Å². The minimum atomic E-state index is -0.797. The third-order valence-electron chi connectivity index (χ3n) is 11.9. The zero-order valence-corrected chi connectivity index (χ0v) is 44.3. The first kappa shape index (κ1) is 64.3. The fourth-order valence-electron chi connectivity index (χ4n) is 7.72. The molecule has 6 nitrogen and oxygen atoms in total. The molecule has 0 spiro atoms. The van der Waals surface area contributed by atoms with Gasteiger partial charge in [0.25, 0.3) is 0 Å². The van der Waals surface area contributed by atoms with E-state index in [-0.39, 0.29) is 31.1 Å². The van der Waals surface area contributed by atoms with E-state index in [9.17, 15) is 14.4 Å². The molecule has 68 heavy (non-hydrogen) atoms. The second-order valence-corrected chi connectivity index (χ2v) is 18.6. The van der Waals surface area contributed by atoms with Crippen molar-refractivity contribution >= 4 is 17.9 Å². The lowest BCUT2D eigenvalue weighted by Gasteiger charge is -2.18. The van der Waals surface area contributed by atoms with Gasteiger partial charge in [0.2, 0.25) is 0 Å². The van der Waals surface area contributed by atoms with E-state index < -0.39 is 6.10 Å². The standard InChI is InChI=1S/C62H104O6/c1-4-7-10-13-16-19-22-25-28-30-32-34-37-40-43-46-49-52-55-61(64)67-58-59(57-66-60(63)54-51-48-45-42-39-36-27-24-21-18-15-12-9-6-3)68-62(65)56-53-50-47-44-41-38-35-33-31-29-26-23-20-17-14-11-8-5-2/h9-10,12-13,16,18-19,21-22,25,27-28,30,32,34,36,59H,4-8,11,14-15,17,20,23-24,26,29,31,33,35,37-58H2,1-3H3/b12-9-,13-10-,19-16-,21-18-,25-22-,30-28-,34-32-,36-27-. The largest absolute Gasteiger partial charge is 0.462 e. The van der Waals surface area contributed by atoms with Gasteiger partial charge in [-0.15, -0.1) is 0 Å². The van der Waals surface area contributed by atoms with E-state index >= 15 is 0 Å². The molecule has 0 rings (SSSR count). The molecule has 1 unspecified atom stereocenters. The molecule has 0 heterocycles. The van der Waals surface area contributed by atoms with Crippen LogP contribution in [-0.2, 0) is 28.6 Å². The summed E-state index contributed by atoms with van der Waals surface area (Å²) in [5.74, 6) is -0.937. The van der Waals surface area contributed by atoms with Gasteiger partial charge in [-0.25, -0.2) is 0 Å². The second-order valence-electron chi connectivity index (χ2n) is 18.6. The summed E-state index contributed by atoms with van der Waals surface area (Å²) < 4.78 is 16.8. The molecule has 0 fully saturated rings. The molecular formula is C62H104O6. The molecule has 0 aliphatic heterocycles. The molecule has 0 bridgehead atoms. The molecule has 0 aliphatic carbocycles. The van der Waals surface area contributed by atoms with E-state index in [1.54, 1.807) is 0 Å². The maximum Gasteiger partial charge on any atom is 0.306 e. The highest BCUT2D eigenvalue weighted by atomic mass is 16.6. The zero-order valence-electron chi connectivity index (χ0n) is 44.3. The van der Waals surface area contributed by atoms with Crippen LogP contribution < -0.4 is 0 Å². The summed E-state index contributed by atoms with van der Waals surface area (Å²) in [4.78, 5) is 38.1. The van der Waals surface area contributed by atoms with E-state index in [0.29, 0.717) is 19.3 Å². The van der Waals surface area contributed by atoms with Crippen LogP contribution in [0.3, 0.4) is 0 Å². The Morgan fingerprint density at radius 2 is 0.662 bits per heavy atom. The smallest absolute Gasteiger partial charge is 0.306 e. The SMILES string of the molecule is CC/C=C\C/C=C\C/C=C\CCCCCCC(=O)OCC(COC(=O)CCCCCCC\C=C/C=C\C=C/C=C\C=C/CCC)OC(=O)CCCCCCCCCCCCCCCCCCCC. The summed E-state index contributed by atoms with van der Waals surface area (Å²) in [7, 11) is 0. The van der Waals surface area contributed by atoms with E-state index in [1.807, 2.05) is 24.3 Å². The summed E-state index contributed by atoms with van der Waals surface area (Å²) in [6, 6.07) is 0. The summed E-state index contributed by atoms with van der Waals surface area (Å²) in [6.45, 7) is 6.41. The average molecular weight is 946 g/mol. The van der Waals surface area contributed by atoms with E-state index in [2.05, 4.69) is 93.7 Å². The van der Waals surface area contributed by atoms with Crippen LogP contribution in [0.15, 0.2) is 97.2 Å². The van der Waals surface area contributed by atoms with Crippen molar-refractivity contribution < 1.29 is 28.6 Å². The third kappa shape index (κ3) is 53.3. The number of unbranched alkanes of at least 4 members (excludes halogenated alkanes) is 27. The van der Waals surface area contributed by atoms with Gasteiger partial charge in [0.15, 0.2) is 6.10 Å². The fourth-order valence-corrected chi connectivity index (χ4v) is 7.72. The van der Waals surface area contributed by atoms with Crippen LogP contribution in [0.25, 0.3) is 0 Å². The lowest BCUT2D eigenvalue weighted by Crippen LogP contribution is -2.30. The predicted octanol–water partition coefficient (Wildman–Crippen LogP) is 18.9. The minimum Gasteiger partial charge on any atom is -0.462 e. The second kappa shape index (κ2) is 55.9. The monoisotopic (exact) mass is 945 g/mol. The summed E-state index contributed by atoms with van der Waals surface area (Å²) in [5, 5.41) is 0. The highest BCUT2D eigenvalue weighted by molar-refractivity contribution is 5.71. The molecule has 0 saturated carbocycles. The maximum atomic E-state index is 12.9. The van der Waals surface area contributed by atoms with Crippen molar-refractivity contribution in [1.29, 1.82) is 0 Å². The van der Waals surface area contributed by atoms with Gasteiger partial charge in [-0.3, -0.25) is 14.4 Å². The van der Waals surface area contributed by atoms with Crippen LogP contribution in [-0.4, -0.2) is 37.2 Å². The van der Waals surface area contributed by atoms with Crippen LogP contribution in [0, 0.1) is 0 Å². The number of esters is 3. The fraction of sp³-hybridized carbons (Fsp3) is 0.694. The Labute approximate surface area is 419 Å². The van der Waals surface area contributed by atoms with Gasteiger partial charge < -0.3 is 14.2 Å². The van der Waals surface area contributed by atoms with Gasteiger partial charge in [-0.1, -0.05) is 266 Å². The summed E-state index contributed by atoms with van der Waals surface area (Å²) in [5.41, 5.74) is 0. The van der Waals surface area contributed by atoms with Gasteiger partial charge in [0.1, 0.15) is 13.2 Å². The van der Waals surface area contributed by atoms with Gasteiger partial charge in [0.05, 0.1) is 0 Å². The molecule has 0 aliphatic rings. The highest BCUT2D eigenvalue weighted by Gasteiger charge is 2.19. The van der Waals surface area contributed by atoms with Crippen molar-refractivity contribution in [2.24, 2.45) is 0 Å². The molecule has 388 valence electrons. The van der Waals surface area contributed by atoms with Crippen molar-refractivity contribution in [3.05, 3.63) is 97.2 Å². The first-order valence-electron chi connectivity index (χ1n) is 28.3. The van der Waals surface area contributed by atoms with Gasteiger partial charge in [-0.2, -0.15) is 0 Å². The van der Waals surface area contributed by atoms with Crippen molar-refractivity contribution in [3.63, 3.8) is 0 Å². The lowest BCUT2D eigenvalue weighted by molar-refractivity contribution is -0.167. The van der Waals surface area contributed by atoms with Crippen molar-refractivity contribution in [2.75, 3.05) is 13.2 Å². The summed E-state index contributed by atoms with van der Waals surface area (Å²) >= 11 is 0. The molecule has 0 aromatic heterocycles. The van der Waals surface area contributed by atoms with Crippen LogP contribution in [0.4, 0.5) is 0 Å². The molecule has 6 heteroatoms. The van der Waals surface area contributed by atoms with Crippen LogP contribution in [0.2, 0.25) is 0 Å². The Bertz CT molecular complexity index is 1360.